The first-order chi connectivity index (χ1) is 11.6. The van der Waals surface area contributed by atoms with Crippen LogP contribution >= 0.6 is 0 Å². The van der Waals surface area contributed by atoms with Crippen molar-refractivity contribution in [1.29, 1.82) is 0 Å². The first-order valence-electron chi connectivity index (χ1n) is 8.27. The molecule has 0 unspecified atom stereocenters. The molecule has 4 N–H and O–H groups in total. The molecule has 1 aromatic rings. The maximum atomic E-state index is 12.1. The summed E-state index contributed by atoms with van der Waals surface area (Å²) in [4.78, 5) is 23.9. The summed E-state index contributed by atoms with van der Waals surface area (Å²) in [7, 11) is 0. The molecule has 0 bridgehead atoms. The van der Waals surface area contributed by atoms with Gasteiger partial charge in [-0.15, -0.1) is 0 Å². The smallest absolute Gasteiger partial charge is 0.251 e. The highest BCUT2D eigenvalue weighted by molar-refractivity contribution is 5.94. The van der Waals surface area contributed by atoms with E-state index >= 15 is 0 Å². The van der Waals surface area contributed by atoms with Gasteiger partial charge in [0.05, 0.1) is 13.2 Å². The predicted molar refractivity (Wildman–Crippen MR) is 91.9 cm³/mol. The van der Waals surface area contributed by atoms with E-state index in [1.165, 1.54) is 0 Å². The van der Waals surface area contributed by atoms with Gasteiger partial charge in [0.25, 0.3) is 5.91 Å². The molecule has 1 heterocycles. The van der Waals surface area contributed by atoms with Crippen LogP contribution in [-0.2, 0) is 9.53 Å². The SMILES string of the molecule is CC(C)(C)C(=O)NC[C@H]1OC[C@@](O)(CNC(=O)c2ccccc2)[C@@H]1O. The largest absolute Gasteiger partial charge is 0.387 e. The zero-order valence-corrected chi connectivity index (χ0v) is 14.8. The monoisotopic (exact) mass is 350 g/mol. The fourth-order valence-corrected chi connectivity index (χ4v) is 2.48. The molecule has 138 valence electrons. The Balaban J connectivity index is 1.87. The second-order valence-corrected chi connectivity index (χ2v) is 7.41. The van der Waals surface area contributed by atoms with E-state index in [0.717, 1.165) is 0 Å². The van der Waals surface area contributed by atoms with Crippen LogP contribution in [-0.4, -0.2) is 59.5 Å². The van der Waals surface area contributed by atoms with Gasteiger partial charge >= 0.3 is 0 Å². The van der Waals surface area contributed by atoms with Gasteiger partial charge in [-0.25, -0.2) is 0 Å². The van der Waals surface area contributed by atoms with Crippen LogP contribution in [0.15, 0.2) is 30.3 Å². The molecule has 0 saturated carbocycles. The number of aliphatic hydroxyl groups is 2. The predicted octanol–water partition coefficient (Wildman–Crippen LogP) is 0.0695. The Hall–Kier alpha value is -1.96. The lowest BCUT2D eigenvalue weighted by Gasteiger charge is -2.27. The minimum atomic E-state index is -1.60. The van der Waals surface area contributed by atoms with Gasteiger partial charge in [0.1, 0.15) is 17.8 Å². The highest BCUT2D eigenvalue weighted by atomic mass is 16.5. The first kappa shape index (κ1) is 19.4. The van der Waals surface area contributed by atoms with Gasteiger partial charge < -0.3 is 25.6 Å². The summed E-state index contributed by atoms with van der Waals surface area (Å²) in [6.07, 6.45) is -1.95. The van der Waals surface area contributed by atoms with Crippen molar-refractivity contribution in [2.24, 2.45) is 5.41 Å². The molecule has 7 heteroatoms. The first-order valence-corrected chi connectivity index (χ1v) is 8.27. The normalized spacial score (nSPS) is 26.3. The van der Waals surface area contributed by atoms with Crippen molar-refractivity contribution in [1.82, 2.24) is 10.6 Å². The summed E-state index contributed by atoms with van der Waals surface area (Å²) in [5.74, 6) is -0.512. The van der Waals surface area contributed by atoms with Crippen molar-refractivity contribution in [3.63, 3.8) is 0 Å². The Kier molecular flexibility index (Phi) is 5.82. The van der Waals surface area contributed by atoms with E-state index in [0.29, 0.717) is 5.56 Å². The molecule has 0 spiro atoms. The zero-order valence-electron chi connectivity index (χ0n) is 14.8. The second-order valence-electron chi connectivity index (χ2n) is 7.41. The molecule has 2 rings (SSSR count). The number of nitrogens with one attached hydrogen (secondary N) is 2. The quantitative estimate of drug-likeness (QED) is 0.601. The van der Waals surface area contributed by atoms with Crippen molar-refractivity contribution in [2.45, 2.75) is 38.6 Å². The third-order valence-corrected chi connectivity index (χ3v) is 4.19. The topological polar surface area (TPSA) is 108 Å². The average Bonchev–Trinajstić information content (AvgIpc) is 2.86. The van der Waals surface area contributed by atoms with Crippen molar-refractivity contribution in [3.05, 3.63) is 35.9 Å². The van der Waals surface area contributed by atoms with E-state index in [2.05, 4.69) is 10.6 Å². The number of hydrogen-bond acceptors (Lipinski definition) is 5. The van der Waals surface area contributed by atoms with E-state index in [1.807, 2.05) is 0 Å². The van der Waals surface area contributed by atoms with Crippen LogP contribution in [0.25, 0.3) is 0 Å². The zero-order chi connectivity index (χ0) is 18.7. The number of benzene rings is 1. The molecule has 25 heavy (non-hydrogen) atoms. The van der Waals surface area contributed by atoms with Gasteiger partial charge in [-0.1, -0.05) is 39.0 Å². The minimum Gasteiger partial charge on any atom is -0.387 e. The molecule has 3 atom stereocenters. The molecule has 2 amide bonds. The van der Waals surface area contributed by atoms with Crippen LogP contribution in [0.2, 0.25) is 0 Å². The molecule has 1 aliphatic rings. The average molecular weight is 350 g/mol. The Morgan fingerprint density at radius 1 is 1.24 bits per heavy atom. The van der Waals surface area contributed by atoms with Crippen molar-refractivity contribution < 1.29 is 24.5 Å². The van der Waals surface area contributed by atoms with Crippen molar-refractivity contribution >= 4 is 11.8 Å². The molecule has 1 saturated heterocycles. The number of ether oxygens (including phenoxy) is 1. The third-order valence-electron chi connectivity index (χ3n) is 4.19. The van der Waals surface area contributed by atoms with Gasteiger partial charge in [-0.2, -0.15) is 0 Å². The molecule has 1 fully saturated rings. The fraction of sp³-hybridized carbons (Fsp3) is 0.556. The maximum absolute atomic E-state index is 12.1. The minimum absolute atomic E-state index is 0.0895. The van der Waals surface area contributed by atoms with Gasteiger partial charge in [-0.3, -0.25) is 9.59 Å². The van der Waals surface area contributed by atoms with Gasteiger partial charge in [0, 0.05) is 17.5 Å². The molecule has 1 aliphatic heterocycles. The molecule has 0 radical (unpaired) electrons. The van der Waals surface area contributed by atoms with Crippen LogP contribution in [0.4, 0.5) is 0 Å². The Bertz CT molecular complexity index is 614. The molecule has 7 nitrogen and oxygen atoms in total. The van der Waals surface area contributed by atoms with E-state index in [4.69, 9.17) is 4.74 Å². The Morgan fingerprint density at radius 3 is 2.48 bits per heavy atom. The van der Waals surface area contributed by atoms with Crippen LogP contribution in [0.5, 0.6) is 0 Å². The Labute approximate surface area is 147 Å². The van der Waals surface area contributed by atoms with E-state index < -0.39 is 23.2 Å². The number of amides is 2. The summed E-state index contributed by atoms with van der Waals surface area (Å²) >= 11 is 0. The number of aliphatic hydroxyl groups excluding tert-OH is 1. The fourth-order valence-electron chi connectivity index (χ4n) is 2.48. The summed E-state index contributed by atoms with van der Waals surface area (Å²) in [5, 5.41) is 26.2. The lowest BCUT2D eigenvalue weighted by Crippen LogP contribution is -2.54. The summed E-state index contributed by atoms with van der Waals surface area (Å²) in [6, 6.07) is 8.60. The number of carbonyl (C=O) groups excluding carboxylic acids is 2. The molecule has 0 aromatic heterocycles. The van der Waals surface area contributed by atoms with E-state index in [1.54, 1.807) is 51.1 Å². The lowest BCUT2D eigenvalue weighted by molar-refractivity contribution is -0.129. The van der Waals surface area contributed by atoms with E-state index in [-0.39, 0.29) is 31.5 Å². The molecular formula is C18H26N2O5. The molecule has 1 aromatic carbocycles. The van der Waals surface area contributed by atoms with Gasteiger partial charge in [-0.05, 0) is 12.1 Å². The third kappa shape index (κ3) is 4.78. The van der Waals surface area contributed by atoms with Gasteiger partial charge in [0.15, 0.2) is 0 Å². The Morgan fingerprint density at radius 2 is 1.88 bits per heavy atom. The van der Waals surface area contributed by atoms with Gasteiger partial charge in [0.2, 0.25) is 5.91 Å². The summed E-state index contributed by atoms with van der Waals surface area (Å²) < 4.78 is 5.42. The van der Waals surface area contributed by atoms with Crippen LogP contribution < -0.4 is 10.6 Å². The molecule has 0 aliphatic carbocycles. The van der Waals surface area contributed by atoms with Crippen molar-refractivity contribution in [3.8, 4) is 0 Å². The number of carbonyl (C=O) groups is 2. The van der Waals surface area contributed by atoms with Crippen molar-refractivity contribution in [2.75, 3.05) is 19.7 Å². The number of hydrogen-bond donors (Lipinski definition) is 4. The highest BCUT2D eigenvalue weighted by Crippen LogP contribution is 2.24. The number of rotatable bonds is 5. The maximum Gasteiger partial charge on any atom is 0.251 e. The second kappa shape index (κ2) is 7.51. The summed E-state index contributed by atoms with van der Waals surface area (Å²) in [5.41, 5.74) is -1.68. The molecular weight excluding hydrogens is 324 g/mol. The van der Waals surface area contributed by atoms with Crippen LogP contribution in [0, 0.1) is 5.41 Å². The van der Waals surface area contributed by atoms with Crippen LogP contribution in [0.1, 0.15) is 31.1 Å². The lowest BCUT2D eigenvalue weighted by atomic mass is 9.94. The summed E-state index contributed by atoms with van der Waals surface area (Å²) in [6.45, 7) is 5.16. The standard InChI is InChI=1S/C18H26N2O5/c1-17(2,3)16(23)19-9-13-14(21)18(24,11-25-13)10-20-15(22)12-7-5-4-6-8-12/h4-8,13-14,21,24H,9-11H2,1-3H3,(H,19,23)(H,20,22)/t13-,14-,18+/m1/s1. The van der Waals surface area contributed by atoms with Crippen LogP contribution in [0.3, 0.4) is 0 Å². The van der Waals surface area contributed by atoms with E-state index in [9.17, 15) is 19.8 Å². The highest BCUT2D eigenvalue weighted by Gasteiger charge is 2.48.